The first kappa shape index (κ1) is 14.1. The number of hydrogen-bond acceptors (Lipinski definition) is 3. The Morgan fingerprint density at radius 1 is 1.47 bits per heavy atom. The quantitative estimate of drug-likeness (QED) is 0.908. The molecule has 0 aromatic carbocycles. The molecule has 5 nitrogen and oxygen atoms in total. The van der Waals surface area contributed by atoms with Crippen molar-refractivity contribution in [1.82, 2.24) is 14.7 Å². The molecule has 1 aromatic heterocycles. The van der Waals surface area contributed by atoms with Crippen molar-refractivity contribution in [2.75, 3.05) is 18.9 Å². The fourth-order valence-corrected chi connectivity index (χ4v) is 2.66. The molecule has 1 amide bonds. The van der Waals surface area contributed by atoms with Crippen LogP contribution < -0.4 is 5.32 Å². The maximum Gasteiger partial charge on any atom is 0.242 e. The first-order valence-corrected chi connectivity index (χ1v) is 7.17. The lowest BCUT2D eigenvalue weighted by molar-refractivity contribution is -0.120. The normalized spacial score (nSPS) is 21.1. The predicted octanol–water partition coefficient (Wildman–Crippen LogP) is 2.02. The smallest absolute Gasteiger partial charge is 0.242 e. The van der Waals surface area contributed by atoms with Crippen molar-refractivity contribution >= 4 is 11.7 Å². The fraction of sp³-hybridized carbons (Fsp3) is 0.714. The van der Waals surface area contributed by atoms with E-state index in [1.165, 1.54) is 12.8 Å². The van der Waals surface area contributed by atoms with Crippen LogP contribution in [0.15, 0.2) is 6.20 Å². The van der Waals surface area contributed by atoms with Gasteiger partial charge in [-0.25, -0.2) is 4.68 Å². The third kappa shape index (κ3) is 3.15. The van der Waals surface area contributed by atoms with Gasteiger partial charge >= 0.3 is 0 Å². The van der Waals surface area contributed by atoms with Crippen LogP contribution in [0.25, 0.3) is 0 Å². The number of likely N-dealkylation sites (N-methyl/N-ethyl adjacent to an activating group) is 1. The molecule has 1 atom stereocenters. The number of likely N-dealkylation sites (tertiary alicyclic amines) is 1. The largest absolute Gasteiger partial charge is 0.309 e. The number of carbonyl (C=O) groups excluding carboxylic acids is 1. The standard InChI is InChI=1S/C14H24N4O/c1-4-18-13(11(2)10-15-18)16-14(19)12-8-6-5-7-9-17(12)3/h10,12H,4-9H2,1-3H3,(H,16,19). The molecule has 19 heavy (non-hydrogen) atoms. The molecular formula is C14H24N4O. The minimum atomic E-state index is -0.0119. The molecule has 106 valence electrons. The van der Waals surface area contributed by atoms with Crippen LogP contribution in [0.1, 0.15) is 38.2 Å². The van der Waals surface area contributed by atoms with Crippen molar-refractivity contribution in [2.24, 2.45) is 0 Å². The summed E-state index contributed by atoms with van der Waals surface area (Å²) in [5.74, 6) is 0.938. The van der Waals surface area contributed by atoms with Crippen LogP contribution in [-0.4, -0.2) is 40.2 Å². The zero-order valence-corrected chi connectivity index (χ0v) is 12.1. The van der Waals surface area contributed by atoms with Gasteiger partial charge in [-0.05, 0) is 40.3 Å². The molecule has 1 aliphatic heterocycles. The van der Waals surface area contributed by atoms with Gasteiger partial charge in [-0.1, -0.05) is 12.8 Å². The third-order valence-corrected chi connectivity index (χ3v) is 3.89. The Hall–Kier alpha value is -1.36. The van der Waals surface area contributed by atoms with Gasteiger partial charge < -0.3 is 5.32 Å². The maximum atomic E-state index is 12.5. The lowest BCUT2D eigenvalue weighted by Crippen LogP contribution is -2.41. The summed E-state index contributed by atoms with van der Waals surface area (Å²) in [6, 6.07) is -0.0119. The number of nitrogens with one attached hydrogen (secondary N) is 1. The summed E-state index contributed by atoms with van der Waals surface area (Å²) in [5, 5.41) is 7.32. The minimum absolute atomic E-state index is 0.0119. The Labute approximate surface area is 115 Å². The number of anilines is 1. The van der Waals surface area contributed by atoms with Crippen molar-refractivity contribution < 1.29 is 4.79 Å². The predicted molar refractivity (Wildman–Crippen MR) is 76.2 cm³/mol. The first-order valence-electron chi connectivity index (χ1n) is 7.17. The first-order chi connectivity index (χ1) is 9.13. The zero-order valence-electron chi connectivity index (χ0n) is 12.1. The van der Waals surface area contributed by atoms with Crippen LogP contribution in [0.3, 0.4) is 0 Å². The second-order valence-corrected chi connectivity index (χ2v) is 5.33. The number of aryl methyl sites for hydroxylation is 2. The van der Waals surface area contributed by atoms with Gasteiger partial charge in [0.25, 0.3) is 0 Å². The van der Waals surface area contributed by atoms with Gasteiger partial charge in [0.1, 0.15) is 5.82 Å². The molecule has 0 spiro atoms. The number of nitrogens with zero attached hydrogens (tertiary/aromatic N) is 3. The van der Waals surface area contributed by atoms with E-state index >= 15 is 0 Å². The summed E-state index contributed by atoms with van der Waals surface area (Å²) in [4.78, 5) is 14.6. The van der Waals surface area contributed by atoms with Gasteiger partial charge in [0.05, 0.1) is 12.2 Å². The highest BCUT2D eigenvalue weighted by Gasteiger charge is 2.25. The maximum absolute atomic E-state index is 12.5. The highest BCUT2D eigenvalue weighted by atomic mass is 16.2. The highest BCUT2D eigenvalue weighted by Crippen LogP contribution is 2.19. The summed E-state index contributed by atoms with van der Waals surface area (Å²) < 4.78 is 1.84. The van der Waals surface area contributed by atoms with Crippen LogP contribution >= 0.6 is 0 Å². The number of carbonyl (C=O) groups is 1. The van der Waals surface area contributed by atoms with Gasteiger partial charge in [0.15, 0.2) is 0 Å². The summed E-state index contributed by atoms with van der Waals surface area (Å²) in [6.45, 7) is 5.78. The molecule has 0 radical (unpaired) electrons. The van der Waals surface area contributed by atoms with E-state index in [9.17, 15) is 4.79 Å². The van der Waals surface area contributed by atoms with E-state index in [4.69, 9.17) is 0 Å². The minimum Gasteiger partial charge on any atom is -0.309 e. The highest BCUT2D eigenvalue weighted by molar-refractivity contribution is 5.94. The second kappa shape index (κ2) is 6.19. The van der Waals surface area contributed by atoms with E-state index in [1.54, 1.807) is 6.20 Å². The van der Waals surface area contributed by atoms with Crippen LogP contribution in [0, 0.1) is 6.92 Å². The molecule has 1 aliphatic rings. The van der Waals surface area contributed by atoms with Crippen molar-refractivity contribution in [1.29, 1.82) is 0 Å². The van der Waals surface area contributed by atoms with E-state index in [0.717, 1.165) is 37.3 Å². The molecule has 1 saturated heterocycles. The SMILES string of the molecule is CCn1ncc(C)c1NC(=O)C1CCCCCN1C. The fourth-order valence-electron chi connectivity index (χ4n) is 2.66. The number of amides is 1. The molecular weight excluding hydrogens is 240 g/mol. The summed E-state index contributed by atoms with van der Waals surface area (Å²) in [7, 11) is 2.04. The van der Waals surface area contributed by atoms with E-state index in [2.05, 4.69) is 15.3 Å². The number of aromatic nitrogens is 2. The summed E-state index contributed by atoms with van der Waals surface area (Å²) >= 11 is 0. The second-order valence-electron chi connectivity index (χ2n) is 5.33. The molecule has 1 unspecified atom stereocenters. The molecule has 0 saturated carbocycles. The van der Waals surface area contributed by atoms with Crippen molar-refractivity contribution in [3.8, 4) is 0 Å². The van der Waals surface area contributed by atoms with Gasteiger partial charge in [0.2, 0.25) is 5.91 Å². The molecule has 0 bridgehead atoms. The Bertz CT molecular complexity index is 441. The zero-order chi connectivity index (χ0) is 13.8. The Balaban J connectivity index is 2.09. The van der Waals surface area contributed by atoms with E-state index < -0.39 is 0 Å². The molecule has 2 heterocycles. The Morgan fingerprint density at radius 2 is 2.26 bits per heavy atom. The van der Waals surface area contributed by atoms with Gasteiger partial charge in [-0.2, -0.15) is 5.10 Å². The molecule has 1 fully saturated rings. The Kier molecular flexibility index (Phi) is 4.58. The number of hydrogen-bond donors (Lipinski definition) is 1. The van der Waals surface area contributed by atoms with E-state index in [1.807, 2.05) is 25.6 Å². The van der Waals surface area contributed by atoms with Gasteiger partial charge in [-0.15, -0.1) is 0 Å². The summed E-state index contributed by atoms with van der Waals surface area (Å²) in [5.41, 5.74) is 1.02. The van der Waals surface area contributed by atoms with E-state index in [-0.39, 0.29) is 11.9 Å². The summed E-state index contributed by atoms with van der Waals surface area (Å²) in [6.07, 6.45) is 6.29. The molecule has 5 heteroatoms. The van der Waals surface area contributed by atoms with Crippen molar-refractivity contribution in [3.05, 3.63) is 11.8 Å². The van der Waals surface area contributed by atoms with Crippen molar-refractivity contribution in [2.45, 2.75) is 52.1 Å². The molecule has 2 rings (SSSR count). The molecule has 1 N–H and O–H groups in total. The van der Waals surface area contributed by atoms with E-state index in [0.29, 0.717) is 0 Å². The van der Waals surface area contributed by atoms with Crippen LogP contribution in [0.2, 0.25) is 0 Å². The van der Waals surface area contributed by atoms with Crippen LogP contribution in [-0.2, 0) is 11.3 Å². The average molecular weight is 264 g/mol. The monoisotopic (exact) mass is 264 g/mol. The molecule has 0 aliphatic carbocycles. The van der Waals surface area contributed by atoms with Crippen LogP contribution in [0.4, 0.5) is 5.82 Å². The lowest BCUT2D eigenvalue weighted by atomic mass is 10.1. The van der Waals surface area contributed by atoms with Gasteiger partial charge in [0, 0.05) is 12.1 Å². The van der Waals surface area contributed by atoms with Gasteiger partial charge in [-0.3, -0.25) is 9.69 Å². The topological polar surface area (TPSA) is 50.2 Å². The van der Waals surface area contributed by atoms with Crippen molar-refractivity contribution in [3.63, 3.8) is 0 Å². The average Bonchev–Trinajstić information content (AvgIpc) is 2.61. The molecule has 1 aromatic rings. The lowest BCUT2D eigenvalue weighted by Gasteiger charge is -2.24. The number of rotatable bonds is 3. The van der Waals surface area contributed by atoms with Crippen LogP contribution in [0.5, 0.6) is 0 Å². The Morgan fingerprint density at radius 3 is 3.00 bits per heavy atom. The third-order valence-electron chi connectivity index (χ3n) is 3.89.